The van der Waals surface area contributed by atoms with Crippen LogP contribution in [0.25, 0.3) is 22.1 Å². The smallest absolute Gasteiger partial charge is 0.336 e. The molecule has 1 N–H and O–H groups in total. The van der Waals surface area contributed by atoms with Gasteiger partial charge in [-0.15, -0.1) is 0 Å². The quantitative estimate of drug-likeness (QED) is 0.680. The van der Waals surface area contributed by atoms with Crippen LogP contribution in [0.15, 0.2) is 51.7 Å². The van der Waals surface area contributed by atoms with Crippen molar-refractivity contribution in [3.05, 3.63) is 64.0 Å². The van der Waals surface area contributed by atoms with Crippen molar-refractivity contribution in [3.8, 4) is 11.1 Å². The van der Waals surface area contributed by atoms with Gasteiger partial charge in [0.2, 0.25) is 0 Å². The fourth-order valence-corrected chi connectivity index (χ4v) is 3.46. The summed E-state index contributed by atoms with van der Waals surface area (Å²) in [5.41, 5.74) is 4.97. The second-order valence-corrected chi connectivity index (χ2v) is 6.98. The van der Waals surface area contributed by atoms with Crippen molar-refractivity contribution in [2.75, 3.05) is 11.9 Å². The summed E-state index contributed by atoms with van der Waals surface area (Å²) in [7, 11) is 1.84. The highest BCUT2D eigenvalue weighted by Gasteiger charge is 2.17. The van der Waals surface area contributed by atoms with E-state index in [-0.39, 0.29) is 12.5 Å². The summed E-state index contributed by atoms with van der Waals surface area (Å²) in [6.45, 7) is 5.90. The number of aryl methyl sites for hydroxylation is 2. The predicted molar refractivity (Wildman–Crippen MR) is 108 cm³/mol. The van der Waals surface area contributed by atoms with Gasteiger partial charge in [-0.05, 0) is 49.6 Å². The van der Waals surface area contributed by atoms with Crippen LogP contribution >= 0.6 is 0 Å². The molecule has 0 amide bonds. The van der Waals surface area contributed by atoms with Gasteiger partial charge in [0.15, 0.2) is 0 Å². The van der Waals surface area contributed by atoms with E-state index in [1.165, 1.54) is 6.07 Å². The summed E-state index contributed by atoms with van der Waals surface area (Å²) in [6, 6.07) is 13.1. The first-order valence-corrected chi connectivity index (χ1v) is 8.87. The molecule has 5 nitrogen and oxygen atoms in total. The fourth-order valence-electron chi connectivity index (χ4n) is 3.46. The zero-order valence-corrected chi connectivity index (χ0v) is 15.9. The van der Waals surface area contributed by atoms with Gasteiger partial charge in [-0.25, -0.2) is 4.79 Å². The highest BCUT2D eigenvalue weighted by Crippen LogP contribution is 2.34. The molecule has 5 heteroatoms. The second-order valence-electron chi connectivity index (χ2n) is 6.98. The first-order valence-electron chi connectivity index (χ1n) is 8.87. The van der Waals surface area contributed by atoms with Gasteiger partial charge in [0.05, 0.1) is 6.42 Å². The molecule has 0 fully saturated rings. The number of rotatable bonds is 5. The zero-order valence-electron chi connectivity index (χ0n) is 15.9. The van der Waals surface area contributed by atoms with Gasteiger partial charge in [0, 0.05) is 41.9 Å². The lowest BCUT2D eigenvalue weighted by Gasteiger charge is -2.26. The highest BCUT2D eigenvalue weighted by molar-refractivity contribution is 5.96. The van der Waals surface area contributed by atoms with Gasteiger partial charge in [-0.3, -0.25) is 4.79 Å². The van der Waals surface area contributed by atoms with E-state index in [0.29, 0.717) is 5.58 Å². The molecule has 0 saturated carbocycles. The van der Waals surface area contributed by atoms with E-state index in [0.717, 1.165) is 33.3 Å². The molecule has 0 spiro atoms. The van der Waals surface area contributed by atoms with Crippen molar-refractivity contribution >= 4 is 22.6 Å². The van der Waals surface area contributed by atoms with Crippen molar-refractivity contribution in [2.24, 2.45) is 0 Å². The third-order valence-corrected chi connectivity index (χ3v) is 5.02. The third-order valence-electron chi connectivity index (χ3n) is 5.02. The molecule has 0 aliphatic rings. The summed E-state index contributed by atoms with van der Waals surface area (Å²) in [5, 5.41) is 9.87. The lowest BCUT2D eigenvalue weighted by atomic mass is 9.93. The highest BCUT2D eigenvalue weighted by atomic mass is 16.4. The standard InChI is InChI=1S/C22H23NO4/c1-13-6-5-7-14(2)22(13)18-12-21(26)27-19-11-16(8-9-17(18)19)23(4)15(3)10-20(24)25/h5-9,11-12,15H,10H2,1-4H3,(H,24,25). The Morgan fingerprint density at radius 2 is 1.81 bits per heavy atom. The molecule has 2 aromatic carbocycles. The number of carboxylic acids is 1. The molecule has 1 atom stereocenters. The van der Waals surface area contributed by atoms with Crippen molar-refractivity contribution in [1.29, 1.82) is 0 Å². The molecule has 3 rings (SSSR count). The average Bonchev–Trinajstić information content (AvgIpc) is 2.59. The third kappa shape index (κ3) is 3.72. The minimum Gasteiger partial charge on any atom is -0.481 e. The van der Waals surface area contributed by atoms with Gasteiger partial charge < -0.3 is 14.4 Å². The van der Waals surface area contributed by atoms with Crippen LogP contribution in [0.4, 0.5) is 5.69 Å². The first-order chi connectivity index (χ1) is 12.8. The van der Waals surface area contributed by atoms with Crippen molar-refractivity contribution in [3.63, 3.8) is 0 Å². The number of hydrogen-bond acceptors (Lipinski definition) is 4. The Bertz CT molecular complexity index is 1050. The molecule has 1 aromatic heterocycles. The summed E-state index contributed by atoms with van der Waals surface area (Å²) >= 11 is 0. The summed E-state index contributed by atoms with van der Waals surface area (Å²) < 4.78 is 5.46. The maximum atomic E-state index is 12.2. The first kappa shape index (κ1) is 18.7. The van der Waals surface area contributed by atoms with Crippen LogP contribution in [0.3, 0.4) is 0 Å². The molecule has 0 aliphatic carbocycles. The molecule has 0 saturated heterocycles. The number of aliphatic carboxylic acids is 1. The van der Waals surface area contributed by atoms with Gasteiger partial charge in [-0.2, -0.15) is 0 Å². The Labute approximate surface area is 157 Å². The summed E-state index contributed by atoms with van der Waals surface area (Å²) in [5.74, 6) is -0.848. The number of anilines is 1. The molecule has 1 unspecified atom stereocenters. The normalized spacial score (nSPS) is 12.1. The molecule has 1 heterocycles. The van der Waals surface area contributed by atoms with Gasteiger partial charge in [-0.1, -0.05) is 18.2 Å². The van der Waals surface area contributed by atoms with Gasteiger partial charge >= 0.3 is 11.6 Å². The van der Waals surface area contributed by atoms with E-state index < -0.39 is 11.6 Å². The van der Waals surface area contributed by atoms with E-state index in [1.807, 2.05) is 63.1 Å². The van der Waals surface area contributed by atoms with Gasteiger partial charge in [0.25, 0.3) is 0 Å². The number of carboxylic acid groups (broad SMARTS) is 1. The van der Waals surface area contributed by atoms with Crippen LogP contribution in [-0.4, -0.2) is 24.2 Å². The Hall–Kier alpha value is -3.08. The SMILES string of the molecule is Cc1cccc(C)c1-c1cc(=O)oc2cc(N(C)C(C)CC(=O)O)ccc12. The largest absolute Gasteiger partial charge is 0.481 e. The number of hydrogen-bond donors (Lipinski definition) is 1. The van der Waals surface area contributed by atoms with Crippen LogP contribution in [0.1, 0.15) is 24.5 Å². The monoisotopic (exact) mass is 365 g/mol. The minimum absolute atomic E-state index is 0.0287. The zero-order chi connectivity index (χ0) is 19.7. The van der Waals surface area contributed by atoms with Crippen LogP contribution in [0.5, 0.6) is 0 Å². The second kappa shape index (κ2) is 7.27. The van der Waals surface area contributed by atoms with Crippen molar-refractivity contribution in [2.45, 2.75) is 33.2 Å². The number of fused-ring (bicyclic) bond motifs is 1. The van der Waals surface area contributed by atoms with Crippen molar-refractivity contribution < 1.29 is 14.3 Å². The van der Waals surface area contributed by atoms with Crippen LogP contribution in [0, 0.1) is 13.8 Å². The Morgan fingerprint density at radius 1 is 1.15 bits per heavy atom. The summed E-state index contributed by atoms with van der Waals surface area (Å²) in [4.78, 5) is 25.1. The topological polar surface area (TPSA) is 70.8 Å². The fraction of sp³-hybridized carbons (Fsp3) is 0.273. The lowest BCUT2D eigenvalue weighted by molar-refractivity contribution is -0.137. The molecular weight excluding hydrogens is 342 g/mol. The minimum atomic E-state index is -0.848. The van der Waals surface area contributed by atoms with E-state index in [1.54, 1.807) is 6.07 Å². The molecule has 140 valence electrons. The van der Waals surface area contributed by atoms with Crippen molar-refractivity contribution in [1.82, 2.24) is 0 Å². The van der Waals surface area contributed by atoms with Crippen LogP contribution in [0.2, 0.25) is 0 Å². The lowest BCUT2D eigenvalue weighted by Crippen LogP contribution is -2.30. The van der Waals surface area contributed by atoms with E-state index >= 15 is 0 Å². The van der Waals surface area contributed by atoms with Gasteiger partial charge in [0.1, 0.15) is 5.58 Å². The average molecular weight is 365 g/mol. The van der Waals surface area contributed by atoms with E-state index in [9.17, 15) is 9.59 Å². The molecule has 0 bridgehead atoms. The number of carbonyl (C=O) groups is 1. The molecule has 0 radical (unpaired) electrons. The number of benzene rings is 2. The molecule has 3 aromatic rings. The van der Waals surface area contributed by atoms with E-state index in [4.69, 9.17) is 9.52 Å². The Kier molecular flexibility index (Phi) is 5.04. The number of nitrogens with zero attached hydrogens (tertiary/aromatic N) is 1. The summed E-state index contributed by atoms with van der Waals surface area (Å²) in [6.07, 6.45) is 0.0287. The van der Waals surface area contributed by atoms with Crippen LogP contribution in [-0.2, 0) is 4.79 Å². The van der Waals surface area contributed by atoms with E-state index in [2.05, 4.69) is 0 Å². The molecular formula is C22H23NO4. The molecule has 27 heavy (non-hydrogen) atoms. The predicted octanol–water partition coefficient (Wildman–Crippen LogP) is 4.38. The van der Waals surface area contributed by atoms with Crippen LogP contribution < -0.4 is 10.5 Å². The molecule has 0 aliphatic heterocycles. The Morgan fingerprint density at radius 3 is 2.44 bits per heavy atom. The Balaban J connectivity index is 2.15. The maximum absolute atomic E-state index is 12.2. The maximum Gasteiger partial charge on any atom is 0.336 e.